The van der Waals surface area contributed by atoms with Crippen molar-refractivity contribution in [2.45, 2.75) is 24.7 Å². The highest BCUT2D eigenvalue weighted by atomic mass is 32.1. The van der Waals surface area contributed by atoms with Crippen molar-refractivity contribution in [3.63, 3.8) is 0 Å². The highest BCUT2D eigenvalue weighted by Gasteiger charge is 2.44. The third-order valence-corrected chi connectivity index (χ3v) is 3.04. The molecule has 3 heteroatoms. The molecule has 0 bridgehead atoms. The summed E-state index contributed by atoms with van der Waals surface area (Å²) in [6, 6.07) is 0. The predicted octanol–water partition coefficient (Wildman–Crippen LogP) is 1.52. The van der Waals surface area contributed by atoms with E-state index in [4.69, 9.17) is 5.73 Å². The Morgan fingerprint density at radius 1 is 1.64 bits per heavy atom. The maximum Gasteiger partial charge on any atom is 0.0794 e. The van der Waals surface area contributed by atoms with Crippen LogP contribution in [0.25, 0.3) is 0 Å². The van der Waals surface area contributed by atoms with E-state index in [-0.39, 0.29) is 0 Å². The molecular weight excluding hydrogens is 156 g/mol. The maximum absolute atomic E-state index is 5.54. The van der Waals surface area contributed by atoms with Gasteiger partial charge in [0.05, 0.1) is 11.2 Å². The van der Waals surface area contributed by atoms with Gasteiger partial charge in [-0.15, -0.1) is 11.3 Å². The second-order valence-corrected chi connectivity index (χ2v) is 3.91. The van der Waals surface area contributed by atoms with E-state index >= 15 is 0 Å². The Bertz CT molecular complexity index is 226. The van der Waals surface area contributed by atoms with Crippen molar-refractivity contribution in [3.05, 3.63) is 16.6 Å². The fraction of sp³-hybridized carbons (Fsp3) is 0.625. The molecule has 0 amide bonds. The van der Waals surface area contributed by atoms with Crippen LogP contribution in [0.15, 0.2) is 10.9 Å². The number of aromatic nitrogens is 1. The molecule has 1 aromatic rings. The Labute approximate surface area is 70.5 Å². The third-order valence-electron chi connectivity index (χ3n) is 2.45. The summed E-state index contributed by atoms with van der Waals surface area (Å²) >= 11 is 1.68. The van der Waals surface area contributed by atoms with E-state index in [0.717, 1.165) is 13.0 Å². The van der Waals surface area contributed by atoms with Crippen molar-refractivity contribution in [2.24, 2.45) is 5.73 Å². The van der Waals surface area contributed by atoms with Crippen LogP contribution in [0.4, 0.5) is 0 Å². The molecular formula is C8H12N2S. The van der Waals surface area contributed by atoms with Crippen molar-refractivity contribution in [3.8, 4) is 0 Å². The topological polar surface area (TPSA) is 38.9 Å². The largest absolute Gasteiger partial charge is 0.330 e. The average Bonchev–Trinajstić information content (AvgIpc) is 2.63. The molecule has 0 aliphatic heterocycles. The Balaban J connectivity index is 2.15. The van der Waals surface area contributed by atoms with Gasteiger partial charge in [0.15, 0.2) is 0 Å². The van der Waals surface area contributed by atoms with Gasteiger partial charge in [-0.25, -0.2) is 4.98 Å². The van der Waals surface area contributed by atoms with Gasteiger partial charge in [-0.1, -0.05) is 0 Å². The molecule has 2 nitrogen and oxygen atoms in total. The smallest absolute Gasteiger partial charge is 0.0794 e. The molecule has 11 heavy (non-hydrogen) atoms. The van der Waals surface area contributed by atoms with E-state index in [2.05, 4.69) is 10.4 Å². The number of hydrogen-bond acceptors (Lipinski definition) is 3. The molecule has 1 heterocycles. The van der Waals surface area contributed by atoms with Gasteiger partial charge in [-0.3, -0.25) is 0 Å². The first-order valence-corrected chi connectivity index (χ1v) is 4.90. The van der Waals surface area contributed by atoms with Crippen LogP contribution in [0.3, 0.4) is 0 Å². The molecule has 1 saturated carbocycles. The molecule has 1 aromatic heterocycles. The zero-order valence-electron chi connectivity index (χ0n) is 6.42. The fourth-order valence-corrected chi connectivity index (χ4v) is 2.21. The number of nitrogens with two attached hydrogens (primary N) is 1. The van der Waals surface area contributed by atoms with Gasteiger partial charge in [-0.2, -0.15) is 0 Å². The van der Waals surface area contributed by atoms with Crippen molar-refractivity contribution in [2.75, 3.05) is 6.54 Å². The molecule has 0 unspecified atom stereocenters. The first-order valence-electron chi connectivity index (χ1n) is 3.96. The van der Waals surface area contributed by atoms with Gasteiger partial charge in [0.25, 0.3) is 0 Å². The number of thiazole rings is 1. The van der Waals surface area contributed by atoms with Gasteiger partial charge in [0.1, 0.15) is 0 Å². The highest BCUT2D eigenvalue weighted by Crippen LogP contribution is 2.50. The summed E-state index contributed by atoms with van der Waals surface area (Å²) in [4.78, 5) is 4.33. The Morgan fingerprint density at radius 3 is 2.91 bits per heavy atom. The minimum Gasteiger partial charge on any atom is -0.330 e. The van der Waals surface area contributed by atoms with Crippen LogP contribution in [0, 0.1) is 0 Å². The lowest BCUT2D eigenvalue weighted by molar-refractivity contribution is 0.614. The van der Waals surface area contributed by atoms with Crippen LogP contribution in [0.2, 0.25) is 0 Å². The molecule has 0 radical (unpaired) electrons. The van der Waals surface area contributed by atoms with Crippen LogP contribution in [-0.4, -0.2) is 11.5 Å². The SMILES string of the molecule is NCCC1(c2cscn2)CC1. The quantitative estimate of drug-likeness (QED) is 0.743. The van der Waals surface area contributed by atoms with E-state index in [1.165, 1.54) is 18.5 Å². The second kappa shape index (κ2) is 2.57. The number of nitrogens with zero attached hydrogens (tertiary/aromatic N) is 1. The molecule has 0 saturated heterocycles. The second-order valence-electron chi connectivity index (χ2n) is 3.19. The average molecular weight is 168 g/mol. The van der Waals surface area contributed by atoms with Gasteiger partial charge in [0.2, 0.25) is 0 Å². The Morgan fingerprint density at radius 2 is 2.45 bits per heavy atom. The van der Waals surface area contributed by atoms with Crippen LogP contribution in [0.5, 0.6) is 0 Å². The third kappa shape index (κ3) is 1.19. The van der Waals surface area contributed by atoms with Crippen molar-refractivity contribution in [1.82, 2.24) is 4.98 Å². The van der Waals surface area contributed by atoms with E-state index in [0.29, 0.717) is 5.41 Å². The summed E-state index contributed by atoms with van der Waals surface area (Å²) in [5.74, 6) is 0. The monoisotopic (exact) mass is 168 g/mol. The van der Waals surface area contributed by atoms with Crippen molar-refractivity contribution < 1.29 is 0 Å². The number of hydrogen-bond donors (Lipinski definition) is 1. The van der Waals surface area contributed by atoms with Crippen molar-refractivity contribution in [1.29, 1.82) is 0 Å². The molecule has 0 spiro atoms. The van der Waals surface area contributed by atoms with Crippen LogP contribution < -0.4 is 5.73 Å². The van der Waals surface area contributed by atoms with Crippen LogP contribution in [0.1, 0.15) is 25.0 Å². The lowest BCUT2D eigenvalue weighted by Gasteiger charge is -2.09. The fourth-order valence-electron chi connectivity index (χ4n) is 1.54. The summed E-state index contributed by atoms with van der Waals surface area (Å²) in [7, 11) is 0. The Kier molecular flexibility index (Phi) is 1.69. The minimum atomic E-state index is 0.398. The summed E-state index contributed by atoms with van der Waals surface area (Å²) in [5.41, 5.74) is 9.11. The molecule has 2 N–H and O–H groups in total. The van der Waals surface area contributed by atoms with Crippen LogP contribution in [-0.2, 0) is 5.41 Å². The number of rotatable bonds is 3. The van der Waals surface area contributed by atoms with E-state index in [1.807, 2.05) is 5.51 Å². The maximum atomic E-state index is 5.54. The summed E-state index contributed by atoms with van der Waals surface area (Å²) in [5, 5.41) is 2.16. The normalized spacial score (nSPS) is 20.1. The van der Waals surface area contributed by atoms with Gasteiger partial charge < -0.3 is 5.73 Å². The van der Waals surface area contributed by atoms with E-state index in [1.54, 1.807) is 11.3 Å². The molecule has 0 atom stereocenters. The minimum absolute atomic E-state index is 0.398. The van der Waals surface area contributed by atoms with Crippen LogP contribution >= 0.6 is 11.3 Å². The molecule has 1 fully saturated rings. The summed E-state index contributed by atoms with van der Waals surface area (Å²) < 4.78 is 0. The lowest BCUT2D eigenvalue weighted by Crippen LogP contribution is -2.13. The first kappa shape index (κ1) is 7.25. The van der Waals surface area contributed by atoms with Gasteiger partial charge >= 0.3 is 0 Å². The van der Waals surface area contributed by atoms with E-state index in [9.17, 15) is 0 Å². The zero-order chi connectivity index (χ0) is 7.73. The zero-order valence-corrected chi connectivity index (χ0v) is 7.23. The molecule has 0 aromatic carbocycles. The summed E-state index contributed by atoms with van der Waals surface area (Å²) in [6.07, 6.45) is 3.68. The van der Waals surface area contributed by atoms with Gasteiger partial charge in [-0.05, 0) is 25.8 Å². The standard InChI is InChI=1S/C8H12N2S/c9-4-3-8(1-2-8)7-5-11-6-10-7/h5-6H,1-4,9H2. The van der Waals surface area contributed by atoms with E-state index < -0.39 is 0 Å². The molecule has 1 aliphatic rings. The predicted molar refractivity (Wildman–Crippen MR) is 46.7 cm³/mol. The summed E-state index contributed by atoms with van der Waals surface area (Å²) in [6.45, 7) is 0.789. The van der Waals surface area contributed by atoms with Crippen molar-refractivity contribution >= 4 is 11.3 Å². The first-order chi connectivity index (χ1) is 5.37. The molecule has 2 rings (SSSR count). The Hall–Kier alpha value is -0.410. The van der Waals surface area contributed by atoms with Gasteiger partial charge in [0, 0.05) is 10.8 Å². The highest BCUT2D eigenvalue weighted by molar-refractivity contribution is 7.07. The molecule has 1 aliphatic carbocycles. The molecule has 60 valence electrons. The lowest BCUT2D eigenvalue weighted by atomic mass is 9.99.